The highest BCUT2D eigenvalue weighted by Gasteiger charge is 2.23. The first kappa shape index (κ1) is 13.6. The summed E-state index contributed by atoms with van der Waals surface area (Å²) in [6, 6.07) is 20.4. The molecule has 1 aromatic heterocycles. The molecular weight excluding hydrogens is 268 g/mol. The summed E-state index contributed by atoms with van der Waals surface area (Å²) in [7, 11) is 0. The van der Waals surface area contributed by atoms with Gasteiger partial charge in [-0.2, -0.15) is 0 Å². The fourth-order valence-corrected chi connectivity index (χ4v) is 3.70. The van der Waals surface area contributed by atoms with Crippen molar-refractivity contribution in [1.82, 2.24) is 10.3 Å². The monoisotopic (exact) mass is 290 g/mol. The third-order valence-corrected chi connectivity index (χ3v) is 4.88. The van der Waals surface area contributed by atoms with E-state index in [4.69, 9.17) is 0 Å². The molecule has 0 radical (unpaired) electrons. The van der Waals surface area contributed by atoms with Crippen LogP contribution in [0.2, 0.25) is 0 Å². The number of aromatic nitrogens is 1. The van der Waals surface area contributed by atoms with E-state index in [1.165, 1.54) is 34.1 Å². The third-order valence-electron chi connectivity index (χ3n) is 4.88. The van der Waals surface area contributed by atoms with Gasteiger partial charge >= 0.3 is 0 Å². The molecule has 1 heterocycles. The Kier molecular flexibility index (Phi) is 3.47. The van der Waals surface area contributed by atoms with Gasteiger partial charge in [0.05, 0.1) is 0 Å². The first-order valence-electron chi connectivity index (χ1n) is 8.21. The number of aryl methyl sites for hydroxylation is 1. The van der Waals surface area contributed by atoms with Crippen LogP contribution in [0.1, 0.15) is 36.2 Å². The van der Waals surface area contributed by atoms with Crippen molar-refractivity contribution >= 4 is 10.9 Å². The van der Waals surface area contributed by atoms with E-state index in [9.17, 15) is 0 Å². The summed E-state index contributed by atoms with van der Waals surface area (Å²) in [5, 5.41) is 5.22. The standard InChI is InChI=1S/C20H22N2/c1-14(15-7-3-2-4-8-15)21-16-11-12-20-18(13-16)17-9-5-6-10-19(17)22-20/h2-10,14,16,21-22H,11-13H2,1H3/t14?,16-/m1/s1. The number of hydrogen-bond donors (Lipinski definition) is 2. The Morgan fingerprint density at radius 1 is 1.05 bits per heavy atom. The lowest BCUT2D eigenvalue weighted by Gasteiger charge is -2.27. The molecule has 4 rings (SSSR count). The number of aromatic amines is 1. The Hall–Kier alpha value is -2.06. The predicted octanol–water partition coefficient (Wildman–Crippen LogP) is 4.38. The van der Waals surface area contributed by atoms with Crippen molar-refractivity contribution in [2.24, 2.45) is 0 Å². The lowest BCUT2D eigenvalue weighted by molar-refractivity contribution is 0.413. The van der Waals surface area contributed by atoms with Gasteiger partial charge < -0.3 is 10.3 Å². The Morgan fingerprint density at radius 2 is 1.82 bits per heavy atom. The van der Waals surface area contributed by atoms with Gasteiger partial charge in [-0.05, 0) is 43.4 Å². The van der Waals surface area contributed by atoms with Gasteiger partial charge in [-0.1, -0.05) is 48.5 Å². The van der Waals surface area contributed by atoms with Crippen molar-refractivity contribution in [2.45, 2.75) is 38.3 Å². The van der Waals surface area contributed by atoms with Crippen LogP contribution < -0.4 is 5.32 Å². The van der Waals surface area contributed by atoms with E-state index < -0.39 is 0 Å². The minimum atomic E-state index is 0.401. The van der Waals surface area contributed by atoms with Crippen LogP contribution in [0.5, 0.6) is 0 Å². The highest BCUT2D eigenvalue weighted by Crippen LogP contribution is 2.29. The Bertz CT molecular complexity index is 773. The van der Waals surface area contributed by atoms with Crippen molar-refractivity contribution < 1.29 is 0 Å². The number of H-pyrrole nitrogens is 1. The number of para-hydroxylation sites is 1. The van der Waals surface area contributed by atoms with Crippen LogP contribution >= 0.6 is 0 Å². The molecule has 22 heavy (non-hydrogen) atoms. The molecule has 0 spiro atoms. The van der Waals surface area contributed by atoms with Crippen LogP contribution in [0.15, 0.2) is 54.6 Å². The lowest BCUT2D eigenvalue weighted by atomic mass is 9.90. The maximum absolute atomic E-state index is 3.82. The molecule has 0 amide bonds. The largest absolute Gasteiger partial charge is 0.358 e. The highest BCUT2D eigenvalue weighted by atomic mass is 14.9. The zero-order valence-electron chi connectivity index (χ0n) is 13.0. The molecule has 2 atom stereocenters. The molecule has 0 fully saturated rings. The molecule has 0 saturated carbocycles. The minimum Gasteiger partial charge on any atom is -0.358 e. The summed E-state index contributed by atoms with van der Waals surface area (Å²) in [5.74, 6) is 0. The van der Waals surface area contributed by atoms with E-state index in [1.54, 1.807) is 0 Å². The lowest BCUT2D eigenvalue weighted by Crippen LogP contribution is -2.36. The van der Waals surface area contributed by atoms with E-state index in [1.807, 2.05) is 0 Å². The molecule has 2 aromatic carbocycles. The first-order chi connectivity index (χ1) is 10.8. The van der Waals surface area contributed by atoms with E-state index >= 15 is 0 Å². The predicted molar refractivity (Wildman–Crippen MR) is 92.1 cm³/mol. The molecule has 112 valence electrons. The Labute approximate surface area is 131 Å². The SMILES string of the molecule is CC(N[C@@H]1CCc2[nH]c3ccccc3c2C1)c1ccccc1. The average Bonchev–Trinajstić information content (AvgIpc) is 2.94. The maximum atomic E-state index is 3.82. The van der Waals surface area contributed by atoms with Crippen LogP contribution in [-0.4, -0.2) is 11.0 Å². The summed E-state index contributed by atoms with van der Waals surface area (Å²) >= 11 is 0. The van der Waals surface area contributed by atoms with E-state index in [0.717, 1.165) is 12.8 Å². The molecular formula is C20H22N2. The number of benzene rings is 2. The molecule has 1 unspecified atom stereocenters. The average molecular weight is 290 g/mol. The second kappa shape index (κ2) is 5.62. The Balaban J connectivity index is 1.54. The summed E-state index contributed by atoms with van der Waals surface area (Å²) in [4.78, 5) is 3.59. The van der Waals surface area contributed by atoms with E-state index in [0.29, 0.717) is 12.1 Å². The van der Waals surface area contributed by atoms with Gasteiger partial charge in [-0.3, -0.25) is 0 Å². The smallest absolute Gasteiger partial charge is 0.0458 e. The maximum Gasteiger partial charge on any atom is 0.0458 e. The molecule has 2 nitrogen and oxygen atoms in total. The molecule has 2 heteroatoms. The number of hydrogen-bond acceptors (Lipinski definition) is 1. The topological polar surface area (TPSA) is 27.8 Å². The Morgan fingerprint density at radius 3 is 2.68 bits per heavy atom. The van der Waals surface area contributed by atoms with E-state index in [2.05, 4.69) is 71.8 Å². The quantitative estimate of drug-likeness (QED) is 0.736. The molecule has 2 N–H and O–H groups in total. The molecule has 0 bridgehead atoms. The molecule has 0 aliphatic heterocycles. The van der Waals surface area contributed by atoms with Gasteiger partial charge in [-0.25, -0.2) is 0 Å². The van der Waals surface area contributed by atoms with Crippen molar-refractivity contribution in [3.63, 3.8) is 0 Å². The van der Waals surface area contributed by atoms with Gasteiger partial charge in [0.15, 0.2) is 0 Å². The molecule has 1 aliphatic carbocycles. The zero-order valence-corrected chi connectivity index (χ0v) is 13.0. The zero-order chi connectivity index (χ0) is 14.9. The van der Waals surface area contributed by atoms with E-state index in [-0.39, 0.29) is 0 Å². The fourth-order valence-electron chi connectivity index (χ4n) is 3.70. The summed E-state index contributed by atoms with van der Waals surface area (Å²) in [6.45, 7) is 2.26. The first-order valence-corrected chi connectivity index (χ1v) is 8.21. The van der Waals surface area contributed by atoms with Crippen LogP contribution in [0, 0.1) is 0 Å². The van der Waals surface area contributed by atoms with Crippen LogP contribution in [-0.2, 0) is 12.8 Å². The van der Waals surface area contributed by atoms with Gasteiger partial charge in [-0.15, -0.1) is 0 Å². The van der Waals surface area contributed by atoms with Gasteiger partial charge in [0.2, 0.25) is 0 Å². The number of nitrogens with one attached hydrogen (secondary N) is 2. The molecule has 1 aliphatic rings. The van der Waals surface area contributed by atoms with Crippen molar-refractivity contribution in [2.75, 3.05) is 0 Å². The van der Waals surface area contributed by atoms with Gasteiger partial charge in [0.1, 0.15) is 0 Å². The minimum absolute atomic E-state index is 0.401. The molecule has 3 aromatic rings. The summed E-state index contributed by atoms with van der Waals surface area (Å²) < 4.78 is 0. The normalized spacial score (nSPS) is 19.0. The fraction of sp³-hybridized carbons (Fsp3) is 0.300. The van der Waals surface area contributed by atoms with Crippen molar-refractivity contribution in [1.29, 1.82) is 0 Å². The third kappa shape index (κ3) is 2.44. The summed E-state index contributed by atoms with van der Waals surface area (Å²) in [6.07, 6.45) is 3.47. The van der Waals surface area contributed by atoms with Crippen LogP contribution in [0.3, 0.4) is 0 Å². The summed E-state index contributed by atoms with van der Waals surface area (Å²) in [5.41, 5.74) is 5.60. The van der Waals surface area contributed by atoms with Crippen molar-refractivity contribution in [3.8, 4) is 0 Å². The highest BCUT2D eigenvalue weighted by molar-refractivity contribution is 5.84. The number of rotatable bonds is 3. The van der Waals surface area contributed by atoms with Gasteiger partial charge in [0.25, 0.3) is 0 Å². The van der Waals surface area contributed by atoms with Crippen LogP contribution in [0.4, 0.5) is 0 Å². The number of fused-ring (bicyclic) bond motifs is 3. The van der Waals surface area contributed by atoms with Crippen LogP contribution in [0.25, 0.3) is 10.9 Å². The second-order valence-corrected chi connectivity index (χ2v) is 6.37. The second-order valence-electron chi connectivity index (χ2n) is 6.37. The molecule has 0 saturated heterocycles. The van der Waals surface area contributed by atoms with Crippen molar-refractivity contribution in [3.05, 3.63) is 71.4 Å². The van der Waals surface area contributed by atoms with Gasteiger partial charge in [0, 0.05) is 28.7 Å².